The number of rotatable bonds is 4. The third kappa shape index (κ3) is 10.4. The van der Waals surface area contributed by atoms with Crippen molar-refractivity contribution < 1.29 is 18.3 Å². The van der Waals surface area contributed by atoms with Crippen LogP contribution in [-0.4, -0.2) is 13.2 Å². The molecule has 0 bridgehead atoms. The Bertz CT molecular complexity index is 602. The lowest BCUT2D eigenvalue weighted by Crippen LogP contribution is -2.42. The van der Waals surface area contributed by atoms with Gasteiger partial charge in [-0.2, -0.15) is 0 Å². The molecule has 4 heteroatoms. The van der Waals surface area contributed by atoms with E-state index in [1.165, 1.54) is 50.7 Å². The van der Waals surface area contributed by atoms with E-state index in [1.807, 2.05) is 27.7 Å². The predicted molar refractivity (Wildman–Crippen MR) is 133 cm³/mol. The first-order valence-corrected chi connectivity index (χ1v) is 12.2. The Morgan fingerprint density at radius 2 is 1.34 bits per heavy atom. The summed E-state index contributed by atoms with van der Waals surface area (Å²) in [4.78, 5) is 0. The maximum Gasteiger partial charge on any atom is 0.192 e. The highest BCUT2D eigenvalue weighted by Crippen LogP contribution is 2.40. The zero-order valence-corrected chi connectivity index (χ0v) is 21.3. The van der Waals surface area contributed by atoms with Crippen LogP contribution in [0.15, 0.2) is 43.5 Å². The van der Waals surface area contributed by atoms with Gasteiger partial charge in [0, 0.05) is 17.5 Å². The third-order valence-corrected chi connectivity index (χ3v) is 5.79. The van der Waals surface area contributed by atoms with Gasteiger partial charge in [-0.05, 0) is 57.6 Å². The largest absolute Gasteiger partial charge is 0.346 e. The van der Waals surface area contributed by atoms with Crippen LogP contribution in [-0.2, 0) is 15.3 Å². The minimum Gasteiger partial charge on any atom is -0.346 e. The van der Waals surface area contributed by atoms with Crippen LogP contribution in [0.1, 0.15) is 85.6 Å². The second-order valence-corrected chi connectivity index (χ2v) is 8.37. The zero-order chi connectivity index (χ0) is 24.6. The monoisotopic (exact) mass is 452 g/mol. The summed E-state index contributed by atoms with van der Waals surface area (Å²) in [6, 6.07) is 3.45. The van der Waals surface area contributed by atoms with Crippen molar-refractivity contribution in [3.63, 3.8) is 0 Å². The molecule has 1 aliphatic heterocycles. The second kappa shape index (κ2) is 17.0. The highest BCUT2D eigenvalue weighted by Gasteiger charge is 2.38. The number of allylic oxidation sites excluding steroid dienone is 2. The van der Waals surface area contributed by atoms with Crippen molar-refractivity contribution in [3.8, 4) is 0 Å². The first-order chi connectivity index (χ1) is 15.3. The fourth-order valence-electron chi connectivity index (χ4n) is 4.23. The molecule has 1 saturated carbocycles. The van der Waals surface area contributed by atoms with E-state index in [2.05, 4.69) is 20.1 Å². The van der Waals surface area contributed by atoms with E-state index in [-0.39, 0.29) is 0 Å². The summed E-state index contributed by atoms with van der Waals surface area (Å²) in [6.45, 7) is 19.7. The van der Waals surface area contributed by atoms with E-state index in [4.69, 9.17) is 9.47 Å². The van der Waals surface area contributed by atoms with Crippen molar-refractivity contribution in [1.29, 1.82) is 0 Å². The van der Waals surface area contributed by atoms with Gasteiger partial charge in [0.1, 0.15) is 11.6 Å². The minimum absolute atomic E-state index is 0.388. The number of ether oxygens (including phenoxy) is 2. The Labute approximate surface area is 196 Å². The quantitative estimate of drug-likeness (QED) is 0.425. The Morgan fingerprint density at radius 1 is 0.906 bits per heavy atom. The summed E-state index contributed by atoms with van der Waals surface area (Å²) in [6.07, 6.45) is 11.2. The van der Waals surface area contributed by atoms with Crippen LogP contribution in [0.25, 0.3) is 0 Å². The fraction of sp³-hybridized carbons (Fsp3) is 0.643. The topological polar surface area (TPSA) is 18.5 Å². The van der Waals surface area contributed by atoms with Gasteiger partial charge in [0.25, 0.3) is 0 Å². The van der Waals surface area contributed by atoms with E-state index in [0.717, 1.165) is 12.0 Å². The van der Waals surface area contributed by atoms with E-state index >= 15 is 0 Å². The second-order valence-electron chi connectivity index (χ2n) is 8.37. The summed E-state index contributed by atoms with van der Waals surface area (Å²) in [5.41, 5.74) is 0.408. The Morgan fingerprint density at radius 3 is 1.75 bits per heavy atom. The normalized spacial score (nSPS) is 26.7. The molecule has 32 heavy (non-hydrogen) atoms. The molecule has 2 fully saturated rings. The average Bonchev–Trinajstić information content (AvgIpc) is 2.77. The molecular formula is C28H46F2O2. The molecule has 2 nitrogen and oxygen atoms in total. The smallest absolute Gasteiger partial charge is 0.192 e. The van der Waals surface area contributed by atoms with Gasteiger partial charge in [0.15, 0.2) is 5.79 Å². The SMILES string of the molecule is C=CC.C=CC.CC.CCCC1CCC(C2COC(C)(c3cc(F)cc(F)c3)OC2)CC1. The van der Waals surface area contributed by atoms with Crippen molar-refractivity contribution >= 4 is 0 Å². The maximum absolute atomic E-state index is 13.5. The molecule has 1 aromatic rings. The van der Waals surface area contributed by atoms with Gasteiger partial charge >= 0.3 is 0 Å². The third-order valence-electron chi connectivity index (χ3n) is 5.79. The highest BCUT2D eigenvalue weighted by molar-refractivity contribution is 5.22. The first kappa shape index (κ1) is 30.5. The molecule has 0 aromatic heterocycles. The molecular weight excluding hydrogens is 406 g/mol. The van der Waals surface area contributed by atoms with Crippen molar-refractivity contribution in [2.75, 3.05) is 13.2 Å². The molecule has 1 aromatic carbocycles. The van der Waals surface area contributed by atoms with Gasteiger partial charge in [0.2, 0.25) is 0 Å². The highest BCUT2D eigenvalue weighted by atomic mass is 19.1. The summed E-state index contributed by atoms with van der Waals surface area (Å²) in [7, 11) is 0. The number of hydrogen-bond donors (Lipinski definition) is 0. The van der Waals surface area contributed by atoms with Crippen LogP contribution in [0.4, 0.5) is 8.78 Å². The van der Waals surface area contributed by atoms with Gasteiger partial charge in [-0.1, -0.05) is 58.6 Å². The number of halogens is 2. The van der Waals surface area contributed by atoms with Crippen LogP contribution in [0.5, 0.6) is 0 Å². The van der Waals surface area contributed by atoms with Gasteiger partial charge in [-0.3, -0.25) is 0 Å². The lowest BCUT2D eigenvalue weighted by atomic mass is 9.75. The molecule has 2 aliphatic rings. The van der Waals surface area contributed by atoms with E-state index in [1.54, 1.807) is 19.1 Å². The fourth-order valence-corrected chi connectivity index (χ4v) is 4.23. The van der Waals surface area contributed by atoms with Gasteiger partial charge < -0.3 is 9.47 Å². The summed E-state index contributed by atoms with van der Waals surface area (Å²) >= 11 is 0. The molecule has 0 unspecified atom stereocenters. The van der Waals surface area contributed by atoms with Crippen LogP contribution >= 0.6 is 0 Å². The van der Waals surface area contributed by atoms with E-state index < -0.39 is 17.4 Å². The maximum atomic E-state index is 13.5. The summed E-state index contributed by atoms with van der Waals surface area (Å²) in [5, 5.41) is 0. The molecule has 3 rings (SSSR count). The minimum atomic E-state index is -1.06. The Balaban J connectivity index is 0.00000106. The number of hydrogen-bond acceptors (Lipinski definition) is 2. The molecule has 0 N–H and O–H groups in total. The van der Waals surface area contributed by atoms with Crippen LogP contribution in [0, 0.1) is 29.4 Å². The van der Waals surface area contributed by atoms with Crippen LogP contribution < -0.4 is 0 Å². The molecule has 184 valence electrons. The van der Waals surface area contributed by atoms with E-state index in [0.29, 0.717) is 30.6 Å². The van der Waals surface area contributed by atoms with Crippen molar-refractivity contribution in [2.45, 2.75) is 85.9 Å². The molecule has 1 aliphatic carbocycles. The molecule has 0 atom stereocenters. The van der Waals surface area contributed by atoms with Crippen LogP contribution in [0.3, 0.4) is 0 Å². The van der Waals surface area contributed by atoms with E-state index in [9.17, 15) is 8.78 Å². The lowest BCUT2D eigenvalue weighted by Gasteiger charge is -2.42. The predicted octanol–water partition coefficient (Wildman–Crippen LogP) is 8.82. The summed E-state index contributed by atoms with van der Waals surface area (Å²) in [5.74, 6) is -0.341. The van der Waals surface area contributed by atoms with Crippen molar-refractivity contribution in [3.05, 3.63) is 60.7 Å². The zero-order valence-electron chi connectivity index (χ0n) is 21.3. The molecule has 1 saturated heterocycles. The van der Waals surface area contributed by atoms with Gasteiger partial charge in [-0.25, -0.2) is 8.78 Å². The Hall–Kier alpha value is -1.52. The average molecular weight is 453 g/mol. The van der Waals surface area contributed by atoms with Crippen LogP contribution in [0.2, 0.25) is 0 Å². The molecule has 0 radical (unpaired) electrons. The standard InChI is InChI=1S/C20H28F2O2.2C3H6.C2H6/c1-3-4-14-5-7-15(8-6-14)16-12-23-20(2,24-13-16)17-9-18(21)11-19(22)10-17;2*1-3-2;1-2/h9-11,14-16H,3-8,12-13H2,1-2H3;2*3H,1H2,2H3;1-2H3. The van der Waals surface area contributed by atoms with Crippen molar-refractivity contribution in [1.82, 2.24) is 0 Å². The molecule has 0 spiro atoms. The van der Waals surface area contributed by atoms with Gasteiger partial charge in [-0.15, -0.1) is 13.2 Å². The number of benzene rings is 1. The summed E-state index contributed by atoms with van der Waals surface area (Å²) < 4.78 is 38.8. The molecule has 0 amide bonds. The first-order valence-electron chi connectivity index (χ1n) is 12.2. The molecule has 1 heterocycles. The van der Waals surface area contributed by atoms with Gasteiger partial charge in [0.05, 0.1) is 13.2 Å². The van der Waals surface area contributed by atoms with Crippen molar-refractivity contribution in [2.24, 2.45) is 17.8 Å². The lowest BCUT2D eigenvalue weighted by molar-refractivity contribution is -0.288. The Kier molecular flexibility index (Phi) is 16.2.